The second-order valence-corrected chi connectivity index (χ2v) is 5.82. The van der Waals surface area contributed by atoms with Crippen LogP contribution in [0.5, 0.6) is 0 Å². The van der Waals surface area contributed by atoms with Gasteiger partial charge in [0.05, 0.1) is 0 Å². The standard InChI is InChI=1S/C17H28N2O/c1-5-15(19-16(20)12-9-13-18-4)17(2,3)14-10-7-6-8-11-14/h6-8,10-11,15,18H,5,9,12-13H2,1-4H3,(H,19,20). The van der Waals surface area contributed by atoms with Gasteiger partial charge in [-0.3, -0.25) is 4.79 Å². The van der Waals surface area contributed by atoms with Crippen LogP contribution in [0.3, 0.4) is 0 Å². The van der Waals surface area contributed by atoms with Crippen molar-refractivity contribution in [3.63, 3.8) is 0 Å². The number of rotatable bonds is 8. The molecule has 112 valence electrons. The highest BCUT2D eigenvalue weighted by atomic mass is 16.1. The van der Waals surface area contributed by atoms with E-state index in [1.165, 1.54) is 5.56 Å². The van der Waals surface area contributed by atoms with Gasteiger partial charge in [-0.2, -0.15) is 0 Å². The molecular weight excluding hydrogens is 248 g/mol. The van der Waals surface area contributed by atoms with E-state index in [-0.39, 0.29) is 17.4 Å². The molecule has 1 amide bonds. The first-order valence-electron chi connectivity index (χ1n) is 7.51. The van der Waals surface area contributed by atoms with E-state index in [1.807, 2.05) is 13.1 Å². The summed E-state index contributed by atoms with van der Waals surface area (Å²) < 4.78 is 0. The number of amides is 1. The van der Waals surface area contributed by atoms with Gasteiger partial charge in [0.25, 0.3) is 0 Å². The summed E-state index contributed by atoms with van der Waals surface area (Å²) in [6.45, 7) is 7.41. The van der Waals surface area contributed by atoms with E-state index < -0.39 is 0 Å². The molecule has 0 saturated carbocycles. The fraction of sp³-hybridized carbons (Fsp3) is 0.588. The Balaban J connectivity index is 2.67. The molecule has 0 aliphatic rings. The summed E-state index contributed by atoms with van der Waals surface area (Å²) >= 11 is 0. The molecule has 20 heavy (non-hydrogen) atoms. The molecule has 1 unspecified atom stereocenters. The third-order valence-corrected chi connectivity index (χ3v) is 3.96. The molecule has 1 rings (SSSR count). The van der Waals surface area contributed by atoms with Crippen molar-refractivity contribution >= 4 is 5.91 Å². The van der Waals surface area contributed by atoms with Crippen molar-refractivity contribution in [2.24, 2.45) is 0 Å². The van der Waals surface area contributed by atoms with E-state index in [4.69, 9.17) is 0 Å². The van der Waals surface area contributed by atoms with Gasteiger partial charge in [-0.25, -0.2) is 0 Å². The summed E-state index contributed by atoms with van der Waals surface area (Å²) in [6, 6.07) is 10.6. The Kier molecular flexibility index (Phi) is 6.73. The molecule has 2 N–H and O–H groups in total. The van der Waals surface area contributed by atoms with Crippen LogP contribution in [0.4, 0.5) is 0 Å². The molecule has 0 bridgehead atoms. The van der Waals surface area contributed by atoms with Crippen LogP contribution in [0.15, 0.2) is 30.3 Å². The molecule has 0 heterocycles. The van der Waals surface area contributed by atoms with Crippen molar-refractivity contribution in [1.29, 1.82) is 0 Å². The lowest BCUT2D eigenvalue weighted by Crippen LogP contribution is -2.47. The average molecular weight is 276 g/mol. The highest BCUT2D eigenvalue weighted by Gasteiger charge is 2.30. The van der Waals surface area contributed by atoms with E-state index in [0.29, 0.717) is 6.42 Å². The summed E-state index contributed by atoms with van der Waals surface area (Å²) in [5.41, 5.74) is 1.21. The molecule has 3 nitrogen and oxygen atoms in total. The maximum Gasteiger partial charge on any atom is 0.220 e. The summed E-state index contributed by atoms with van der Waals surface area (Å²) in [7, 11) is 1.91. The highest BCUT2D eigenvalue weighted by Crippen LogP contribution is 2.28. The fourth-order valence-electron chi connectivity index (χ4n) is 2.55. The maximum atomic E-state index is 12.0. The lowest BCUT2D eigenvalue weighted by Gasteiger charge is -2.35. The van der Waals surface area contributed by atoms with Crippen LogP contribution in [-0.4, -0.2) is 25.5 Å². The number of hydrogen-bond acceptors (Lipinski definition) is 2. The SMILES string of the molecule is CCC(NC(=O)CCCNC)C(C)(C)c1ccccc1. The minimum Gasteiger partial charge on any atom is -0.353 e. The molecule has 1 aromatic rings. The van der Waals surface area contributed by atoms with Gasteiger partial charge in [0.2, 0.25) is 5.91 Å². The quantitative estimate of drug-likeness (QED) is 0.717. The normalized spacial score (nSPS) is 13.0. The van der Waals surface area contributed by atoms with Gasteiger partial charge in [0.1, 0.15) is 0 Å². The van der Waals surface area contributed by atoms with Gasteiger partial charge in [-0.05, 0) is 32.0 Å². The van der Waals surface area contributed by atoms with Crippen LogP contribution in [0, 0.1) is 0 Å². The molecule has 0 saturated heterocycles. The first-order chi connectivity index (χ1) is 9.52. The third kappa shape index (κ3) is 4.64. The van der Waals surface area contributed by atoms with Crippen molar-refractivity contribution in [3.05, 3.63) is 35.9 Å². The van der Waals surface area contributed by atoms with Crippen molar-refractivity contribution in [2.75, 3.05) is 13.6 Å². The summed E-state index contributed by atoms with van der Waals surface area (Å²) in [6.07, 6.45) is 2.40. The zero-order valence-corrected chi connectivity index (χ0v) is 13.2. The Morgan fingerprint density at radius 3 is 2.45 bits per heavy atom. The maximum absolute atomic E-state index is 12.0. The number of carbonyl (C=O) groups is 1. The Labute approximate surface area is 123 Å². The van der Waals surface area contributed by atoms with Crippen molar-refractivity contribution in [3.8, 4) is 0 Å². The minimum absolute atomic E-state index is 0.0608. The predicted octanol–water partition coefficient (Wildman–Crippen LogP) is 2.86. The monoisotopic (exact) mass is 276 g/mol. The van der Waals surface area contributed by atoms with Gasteiger partial charge < -0.3 is 10.6 Å². The molecule has 1 atom stereocenters. The highest BCUT2D eigenvalue weighted by molar-refractivity contribution is 5.76. The molecule has 0 aliphatic heterocycles. The molecule has 3 heteroatoms. The molecule has 0 aromatic heterocycles. The lowest BCUT2D eigenvalue weighted by molar-refractivity contribution is -0.122. The first kappa shape index (κ1) is 16.7. The van der Waals surface area contributed by atoms with Crippen LogP contribution in [0.2, 0.25) is 0 Å². The predicted molar refractivity (Wildman–Crippen MR) is 84.9 cm³/mol. The van der Waals surface area contributed by atoms with Crippen molar-refractivity contribution in [1.82, 2.24) is 10.6 Å². The molecular formula is C17H28N2O. The number of nitrogens with one attached hydrogen (secondary N) is 2. The number of hydrogen-bond donors (Lipinski definition) is 2. The zero-order valence-electron chi connectivity index (χ0n) is 13.2. The largest absolute Gasteiger partial charge is 0.353 e. The number of benzene rings is 1. The first-order valence-corrected chi connectivity index (χ1v) is 7.51. The molecule has 0 fully saturated rings. The zero-order chi connectivity index (χ0) is 15.0. The van der Waals surface area contributed by atoms with E-state index in [1.54, 1.807) is 0 Å². The van der Waals surface area contributed by atoms with E-state index >= 15 is 0 Å². The van der Waals surface area contributed by atoms with Crippen molar-refractivity contribution < 1.29 is 4.79 Å². The second kappa shape index (κ2) is 8.05. The molecule has 0 spiro atoms. The smallest absolute Gasteiger partial charge is 0.220 e. The average Bonchev–Trinajstić information content (AvgIpc) is 2.45. The Morgan fingerprint density at radius 1 is 1.25 bits per heavy atom. The minimum atomic E-state index is -0.0608. The van der Waals surface area contributed by atoms with Crippen LogP contribution >= 0.6 is 0 Å². The van der Waals surface area contributed by atoms with Crippen LogP contribution in [-0.2, 0) is 10.2 Å². The Hall–Kier alpha value is -1.35. The van der Waals surface area contributed by atoms with Crippen LogP contribution < -0.4 is 10.6 Å². The van der Waals surface area contributed by atoms with E-state index in [9.17, 15) is 4.79 Å². The number of carbonyl (C=O) groups excluding carboxylic acids is 1. The fourth-order valence-corrected chi connectivity index (χ4v) is 2.55. The Bertz CT molecular complexity index is 401. The molecule has 1 aromatic carbocycles. The van der Waals surface area contributed by atoms with Crippen LogP contribution in [0.25, 0.3) is 0 Å². The lowest BCUT2D eigenvalue weighted by atomic mass is 9.76. The van der Waals surface area contributed by atoms with Crippen LogP contribution in [0.1, 0.15) is 45.6 Å². The second-order valence-electron chi connectivity index (χ2n) is 5.82. The van der Waals surface area contributed by atoms with Crippen molar-refractivity contribution in [2.45, 2.75) is 51.5 Å². The van der Waals surface area contributed by atoms with Gasteiger partial charge in [-0.1, -0.05) is 51.1 Å². The topological polar surface area (TPSA) is 41.1 Å². The summed E-state index contributed by atoms with van der Waals surface area (Å²) in [5.74, 6) is 0.149. The molecule has 0 radical (unpaired) electrons. The summed E-state index contributed by atoms with van der Waals surface area (Å²) in [4.78, 5) is 12.0. The third-order valence-electron chi connectivity index (χ3n) is 3.96. The summed E-state index contributed by atoms with van der Waals surface area (Å²) in [5, 5.41) is 6.26. The Morgan fingerprint density at radius 2 is 1.90 bits per heavy atom. The van der Waals surface area contributed by atoms with Gasteiger partial charge >= 0.3 is 0 Å². The van der Waals surface area contributed by atoms with Gasteiger partial charge in [-0.15, -0.1) is 0 Å². The molecule has 0 aliphatic carbocycles. The van der Waals surface area contributed by atoms with E-state index in [0.717, 1.165) is 19.4 Å². The van der Waals surface area contributed by atoms with E-state index in [2.05, 4.69) is 55.7 Å². The van der Waals surface area contributed by atoms with Gasteiger partial charge in [0, 0.05) is 17.9 Å². The van der Waals surface area contributed by atoms with Gasteiger partial charge in [0.15, 0.2) is 0 Å².